The maximum atomic E-state index is 13.5. The van der Waals surface area contributed by atoms with Gasteiger partial charge in [-0.05, 0) is 82.4 Å². The summed E-state index contributed by atoms with van der Waals surface area (Å²) in [5, 5.41) is 6.04. The molecule has 10 heteroatoms. The number of carbonyl (C=O) groups excluding carboxylic acids is 3. The van der Waals surface area contributed by atoms with Crippen molar-refractivity contribution in [2.75, 3.05) is 39.8 Å². The van der Waals surface area contributed by atoms with Crippen LogP contribution in [0.5, 0.6) is 17.2 Å². The largest absolute Gasteiger partial charge is 0.497 e. The lowest BCUT2D eigenvalue weighted by Gasteiger charge is -2.41. The second-order valence-corrected chi connectivity index (χ2v) is 12.0. The highest BCUT2D eigenvalue weighted by atomic mass is 16.5. The molecule has 2 aromatic rings. The van der Waals surface area contributed by atoms with Gasteiger partial charge in [0, 0.05) is 49.6 Å². The van der Waals surface area contributed by atoms with Crippen LogP contribution in [0.3, 0.4) is 0 Å². The zero-order valence-electron chi connectivity index (χ0n) is 25.5. The van der Waals surface area contributed by atoms with Crippen LogP contribution in [0.25, 0.3) is 0 Å². The lowest BCUT2D eigenvalue weighted by molar-refractivity contribution is -0.142. The SMILES string of the molecule is COc1cc2cc(c1)C(=O)NCCCC(=O)N[C@H]1CN(C(=O)C3CCN(C(C)C)CC3)CC[C@@H]1OCc1cccc(c1)O2. The van der Waals surface area contributed by atoms with E-state index in [1.165, 1.54) is 0 Å². The molecule has 0 saturated carbocycles. The molecule has 2 saturated heterocycles. The Morgan fingerprint density at radius 2 is 1.84 bits per heavy atom. The van der Waals surface area contributed by atoms with Crippen molar-refractivity contribution in [1.29, 1.82) is 0 Å². The Hall–Kier alpha value is -3.63. The van der Waals surface area contributed by atoms with Gasteiger partial charge in [0.15, 0.2) is 0 Å². The van der Waals surface area contributed by atoms with Crippen LogP contribution in [-0.2, 0) is 20.9 Å². The van der Waals surface area contributed by atoms with Crippen LogP contribution in [-0.4, -0.2) is 85.5 Å². The first-order chi connectivity index (χ1) is 20.8. The third-order valence-corrected chi connectivity index (χ3v) is 8.66. The Balaban J connectivity index is 1.30. The monoisotopic (exact) mass is 592 g/mol. The number of benzene rings is 2. The van der Waals surface area contributed by atoms with Gasteiger partial charge in [-0.1, -0.05) is 12.1 Å². The van der Waals surface area contributed by atoms with Gasteiger partial charge in [-0.15, -0.1) is 0 Å². The third-order valence-electron chi connectivity index (χ3n) is 8.66. The fourth-order valence-corrected chi connectivity index (χ4v) is 6.14. The number of carbonyl (C=O) groups is 3. The van der Waals surface area contributed by atoms with Crippen molar-refractivity contribution in [1.82, 2.24) is 20.4 Å². The van der Waals surface area contributed by atoms with Gasteiger partial charge < -0.3 is 34.6 Å². The van der Waals surface area contributed by atoms with E-state index in [4.69, 9.17) is 14.2 Å². The molecule has 0 spiro atoms. The molecule has 0 unspecified atom stereocenters. The van der Waals surface area contributed by atoms with E-state index in [1.807, 2.05) is 29.2 Å². The molecular formula is C33H44N4O6. The van der Waals surface area contributed by atoms with E-state index in [0.29, 0.717) is 67.9 Å². The molecule has 2 N–H and O–H groups in total. The van der Waals surface area contributed by atoms with Crippen LogP contribution >= 0.6 is 0 Å². The van der Waals surface area contributed by atoms with Crippen molar-refractivity contribution < 1.29 is 28.6 Å². The van der Waals surface area contributed by atoms with Gasteiger partial charge in [0.1, 0.15) is 17.2 Å². The van der Waals surface area contributed by atoms with E-state index in [9.17, 15) is 14.4 Å². The predicted molar refractivity (Wildman–Crippen MR) is 162 cm³/mol. The molecule has 4 bridgehead atoms. The molecule has 2 aromatic carbocycles. The number of likely N-dealkylation sites (tertiary alicyclic amines) is 2. The Bertz CT molecular complexity index is 1290. The fraction of sp³-hybridized carbons (Fsp3) is 0.545. The standard InChI is InChI=1S/C33H44N4O6/c1-22(2)36-13-9-24(10-14-36)33(40)37-15-11-30-29(20-37)35-31(38)8-5-12-34-32(39)25-17-27(41-3)19-28(18-25)43-26-7-4-6-23(16-26)21-42-30/h4,6-7,16-19,22,24,29-30H,5,8-15,20-21H2,1-3H3,(H,34,39)(H,35,38)/t29-,30-/m0/s1. The third kappa shape index (κ3) is 8.06. The zero-order valence-corrected chi connectivity index (χ0v) is 25.5. The highest BCUT2D eigenvalue weighted by Gasteiger charge is 2.36. The Morgan fingerprint density at radius 1 is 1.02 bits per heavy atom. The fourth-order valence-electron chi connectivity index (χ4n) is 6.14. The number of hydrogen-bond acceptors (Lipinski definition) is 7. The lowest BCUT2D eigenvalue weighted by atomic mass is 9.92. The van der Waals surface area contributed by atoms with Crippen LogP contribution < -0.4 is 20.1 Å². The van der Waals surface area contributed by atoms with Crippen molar-refractivity contribution in [3.63, 3.8) is 0 Å². The van der Waals surface area contributed by atoms with E-state index >= 15 is 0 Å². The first-order valence-electron chi connectivity index (χ1n) is 15.5. The molecule has 0 radical (unpaired) electrons. The van der Waals surface area contributed by atoms with Crippen LogP contribution in [0, 0.1) is 5.92 Å². The van der Waals surface area contributed by atoms with E-state index in [1.54, 1.807) is 25.3 Å². The summed E-state index contributed by atoms with van der Waals surface area (Å²) in [6, 6.07) is 12.8. The molecule has 10 nitrogen and oxygen atoms in total. The van der Waals surface area contributed by atoms with Crippen LogP contribution in [0.1, 0.15) is 61.9 Å². The molecule has 3 aliphatic heterocycles. The van der Waals surface area contributed by atoms with Gasteiger partial charge in [-0.3, -0.25) is 14.4 Å². The summed E-state index contributed by atoms with van der Waals surface area (Å²) in [4.78, 5) is 43.8. The van der Waals surface area contributed by atoms with Gasteiger partial charge in [-0.2, -0.15) is 0 Å². The lowest BCUT2D eigenvalue weighted by Crippen LogP contribution is -2.58. The first-order valence-corrected chi connectivity index (χ1v) is 15.5. The van der Waals surface area contributed by atoms with Gasteiger partial charge in [-0.25, -0.2) is 0 Å². The molecule has 0 aromatic heterocycles. The van der Waals surface area contributed by atoms with Crippen molar-refractivity contribution in [2.24, 2.45) is 5.92 Å². The van der Waals surface area contributed by atoms with E-state index in [-0.39, 0.29) is 42.2 Å². The number of fused-ring (bicyclic) bond motifs is 5. The predicted octanol–water partition coefficient (Wildman–Crippen LogP) is 3.73. The molecule has 232 valence electrons. The number of amides is 3. The summed E-state index contributed by atoms with van der Waals surface area (Å²) >= 11 is 0. The molecule has 0 aliphatic carbocycles. The summed E-state index contributed by atoms with van der Waals surface area (Å²) in [5.74, 6) is 1.41. The topological polar surface area (TPSA) is 109 Å². The number of rotatable bonds is 3. The molecule has 3 heterocycles. The van der Waals surface area contributed by atoms with Crippen LogP contribution in [0.4, 0.5) is 0 Å². The Kier molecular flexibility index (Phi) is 10.2. The van der Waals surface area contributed by atoms with E-state index in [2.05, 4.69) is 29.4 Å². The summed E-state index contributed by atoms with van der Waals surface area (Å²) in [6.45, 7) is 7.97. The highest BCUT2D eigenvalue weighted by molar-refractivity contribution is 5.95. The maximum Gasteiger partial charge on any atom is 0.251 e. The molecule has 2 fully saturated rings. The number of hydrogen-bond donors (Lipinski definition) is 2. The Morgan fingerprint density at radius 3 is 2.60 bits per heavy atom. The second kappa shape index (κ2) is 14.2. The van der Waals surface area contributed by atoms with Crippen molar-refractivity contribution in [3.05, 3.63) is 53.6 Å². The van der Waals surface area contributed by atoms with Crippen LogP contribution in [0.2, 0.25) is 0 Å². The summed E-state index contributed by atoms with van der Waals surface area (Å²) in [7, 11) is 1.54. The summed E-state index contributed by atoms with van der Waals surface area (Å²) < 4.78 is 17.9. The number of ether oxygens (including phenoxy) is 3. The molecular weight excluding hydrogens is 548 g/mol. The van der Waals surface area contributed by atoms with Gasteiger partial charge in [0.25, 0.3) is 5.91 Å². The smallest absolute Gasteiger partial charge is 0.251 e. The molecule has 2 atom stereocenters. The minimum Gasteiger partial charge on any atom is -0.497 e. The number of nitrogens with zero attached hydrogens (tertiary/aromatic N) is 2. The number of methoxy groups -OCH3 is 1. The average molecular weight is 593 g/mol. The second-order valence-electron chi connectivity index (χ2n) is 12.0. The summed E-state index contributed by atoms with van der Waals surface area (Å²) in [5.41, 5.74) is 1.32. The molecule has 3 aliphatic rings. The Labute approximate surface area is 254 Å². The summed E-state index contributed by atoms with van der Waals surface area (Å²) in [6.07, 6.45) is 2.86. The number of piperidine rings is 2. The quantitative estimate of drug-likeness (QED) is 0.559. The minimum atomic E-state index is -0.318. The van der Waals surface area contributed by atoms with E-state index in [0.717, 1.165) is 31.5 Å². The zero-order chi connectivity index (χ0) is 30.3. The van der Waals surface area contributed by atoms with Gasteiger partial charge >= 0.3 is 0 Å². The molecule has 5 rings (SSSR count). The highest BCUT2D eigenvalue weighted by Crippen LogP contribution is 2.29. The normalized spacial score (nSPS) is 22.8. The minimum absolute atomic E-state index is 0.0215. The maximum absolute atomic E-state index is 13.5. The average Bonchev–Trinajstić information content (AvgIpc) is 3.01. The first kappa shape index (κ1) is 30.8. The number of nitrogens with one attached hydrogen (secondary N) is 2. The van der Waals surface area contributed by atoms with E-state index < -0.39 is 0 Å². The van der Waals surface area contributed by atoms with Gasteiger partial charge in [0.2, 0.25) is 11.8 Å². The van der Waals surface area contributed by atoms with Crippen LogP contribution in [0.15, 0.2) is 42.5 Å². The van der Waals surface area contributed by atoms with Gasteiger partial charge in [0.05, 0.1) is 25.9 Å². The van der Waals surface area contributed by atoms with Crippen molar-refractivity contribution in [2.45, 2.75) is 70.7 Å². The molecule has 43 heavy (non-hydrogen) atoms. The van der Waals surface area contributed by atoms with Crippen molar-refractivity contribution >= 4 is 17.7 Å². The van der Waals surface area contributed by atoms with Crippen molar-refractivity contribution in [3.8, 4) is 17.2 Å². The molecule has 3 amide bonds.